The minimum atomic E-state index is -4.07. The molecule has 0 bridgehead atoms. The maximum absolute atomic E-state index is 12.0. The van der Waals surface area contributed by atoms with Crippen molar-refractivity contribution >= 4 is 39.1 Å². The van der Waals surface area contributed by atoms with Crippen molar-refractivity contribution < 1.29 is 18.1 Å². The molecule has 30 heavy (non-hydrogen) atoms. The lowest BCUT2D eigenvalue weighted by molar-refractivity contribution is -0.384. The number of rotatable bonds is 10. The van der Waals surface area contributed by atoms with Crippen molar-refractivity contribution in [1.29, 1.82) is 0 Å². The van der Waals surface area contributed by atoms with Gasteiger partial charge in [-0.25, -0.2) is 13.6 Å². The molecule has 0 heterocycles. The molecule has 0 spiro atoms. The van der Waals surface area contributed by atoms with Gasteiger partial charge in [-0.1, -0.05) is 18.2 Å². The molecule has 1 amide bonds. The molecule has 0 aliphatic rings. The zero-order valence-corrected chi connectivity index (χ0v) is 18.3. The van der Waals surface area contributed by atoms with E-state index in [-0.39, 0.29) is 29.0 Å². The molecule has 0 fully saturated rings. The lowest BCUT2D eigenvalue weighted by Crippen LogP contribution is -2.27. The van der Waals surface area contributed by atoms with E-state index in [0.29, 0.717) is 12.2 Å². The van der Waals surface area contributed by atoms with Gasteiger partial charge in [-0.2, -0.15) is 0 Å². The summed E-state index contributed by atoms with van der Waals surface area (Å²) in [5.41, 5.74) is -0.224. The number of amides is 1. The number of nitrogens with zero attached hydrogens (tertiary/aromatic N) is 2. The molecule has 0 saturated carbocycles. The molecule has 1 atom stereocenters. The minimum Gasteiger partial charge on any atom is -0.376 e. The summed E-state index contributed by atoms with van der Waals surface area (Å²) >= 11 is 1.56. The van der Waals surface area contributed by atoms with Gasteiger partial charge < -0.3 is 10.2 Å². The maximum atomic E-state index is 12.0. The van der Waals surface area contributed by atoms with Gasteiger partial charge in [0.2, 0.25) is 15.9 Å². The van der Waals surface area contributed by atoms with Crippen LogP contribution in [0.4, 0.5) is 11.4 Å². The third-order valence-electron chi connectivity index (χ3n) is 4.25. The second-order valence-corrected chi connectivity index (χ2v) is 9.43. The fraction of sp³-hybridized carbons (Fsp3) is 0.316. The van der Waals surface area contributed by atoms with Crippen LogP contribution in [0.1, 0.15) is 12.8 Å². The number of hydrogen-bond donors (Lipinski definition) is 2. The van der Waals surface area contributed by atoms with Crippen LogP contribution in [0.3, 0.4) is 0 Å². The molecule has 2 aromatic carbocycles. The summed E-state index contributed by atoms with van der Waals surface area (Å²) in [6.45, 7) is 0. The summed E-state index contributed by atoms with van der Waals surface area (Å²) < 4.78 is 23.1. The fourth-order valence-corrected chi connectivity index (χ4v) is 4.14. The van der Waals surface area contributed by atoms with Gasteiger partial charge in [-0.3, -0.25) is 14.9 Å². The summed E-state index contributed by atoms with van der Waals surface area (Å²) in [7, 11) is -0.734. The Hall–Kier alpha value is -2.63. The zero-order chi connectivity index (χ0) is 22.3. The van der Waals surface area contributed by atoms with E-state index in [1.807, 2.05) is 30.3 Å². The Morgan fingerprint density at radius 2 is 1.90 bits per heavy atom. The Labute approximate surface area is 179 Å². The fourth-order valence-electron chi connectivity index (χ4n) is 2.61. The van der Waals surface area contributed by atoms with E-state index in [2.05, 4.69) is 5.32 Å². The van der Waals surface area contributed by atoms with Crippen LogP contribution in [-0.4, -0.2) is 50.0 Å². The molecule has 9 nitrogen and oxygen atoms in total. The molecule has 162 valence electrons. The molecule has 0 unspecified atom stereocenters. The number of thioether (sulfide) groups is 1. The molecule has 0 aliphatic carbocycles. The molecule has 3 N–H and O–H groups in total. The molecule has 0 aromatic heterocycles. The average molecular weight is 453 g/mol. The molecular formula is C19H24N4O5S2. The Morgan fingerprint density at radius 1 is 1.23 bits per heavy atom. The molecule has 0 saturated heterocycles. The first-order chi connectivity index (χ1) is 14.1. The molecule has 0 radical (unpaired) electrons. The standard InChI is InChI=1S/C19H24N4O5S2/c1-22(2)19(24)11-8-14(13-29-15-6-4-3-5-7-15)21-17-10-9-16(30(20,27)28)12-18(17)23(25)26/h3-7,9-10,12,14,21H,8,11,13H2,1-2H3,(H2,20,27,28)/t14-/m1/s1. The monoisotopic (exact) mass is 452 g/mol. The summed E-state index contributed by atoms with van der Waals surface area (Å²) in [4.78, 5) is 25.0. The highest BCUT2D eigenvalue weighted by Gasteiger charge is 2.22. The number of benzene rings is 2. The summed E-state index contributed by atoms with van der Waals surface area (Å²) in [5, 5.41) is 19.7. The van der Waals surface area contributed by atoms with Crippen molar-refractivity contribution in [3.8, 4) is 0 Å². The second kappa shape index (κ2) is 10.4. The van der Waals surface area contributed by atoms with Crippen LogP contribution in [-0.2, 0) is 14.8 Å². The van der Waals surface area contributed by atoms with E-state index < -0.39 is 20.6 Å². The Balaban J connectivity index is 2.24. The van der Waals surface area contributed by atoms with E-state index in [1.165, 1.54) is 17.0 Å². The van der Waals surface area contributed by atoms with E-state index >= 15 is 0 Å². The van der Waals surface area contributed by atoms with Crippen LogP contribution >= 0.6 is 11.8 Å². The van der Waals surface area contributed by atoms with Crippen molar-refractivity contribution in [2.45, 2.75) is 28.7 Å². The minimum absolute atomic E-state index is 0.0504. The van der Waals surface area contributed by atoms with Gasteiger partial charge in [-0.15, -0.1) is 11.8 Å². The molecule has 11 heteroatoms. The normalized spacial score (nSPS) is 12.2. The molecule has 2 aromatic rings. The van der Waals surface area contributed by atoms with E-state index in [1.54, 1.807) is 25.9 Å². The van der Waals surface area contributed by atoms with Gasteiger partial charge in [0.25, 0.3) is 5.69 Å². The van der Waals surface area contributed by atoms with Crippen LogP contribution in [0.2, 0.25) is 0 Å². The zero-order valence-electron chi connectivity index (χ0n) is 16.6. The average Bonchev–Trinajstić information content (AvgIpc) is 2.69. The Bertz CT molecular complexity index is 997. The lowest BCUT2D eigenvalue weighted by Gasteiger charge is -2.21. The number of sulfonamides is 1. The quantitative estimate of drug-likeness (QED) is 0.321. The summed E-state index contributed by atoms with van der Waals surface area (Å²) in [6.07, 6.45) is 0.716. The number of primary sulfonamides is 1. The van der Waals surface area contributed by atoms with Crippen molar-refractivity contribution in [3.63, 3.8) is 0 Å². The lowest BCUT2D eigenvalue weighted by atomic mass is 10.1. The van der Waals surface area contributed by atoms with E-state index in [0.717, 1.165) is 11.0 Å². The van der Waals surface area contributed by atoms with Gasteiger partial charge >= 0.3 is 0 Å². The van der Waals surface area contributed by atoms with Crippen LogP contribution in [0.25, 0.3) is 0 Å². The van der Waals surface area contributed by atoms with Crippen LogP contribution in [0.5, 0.6) is 0 Å². The van der Waals surface area contributed by atoms with Crippen LogP contribution in [0.15, 0.2) is 58.3 Å². The van der Waals surface area contributed by atoms with Crippen LogP contribution in [0, 0.1) is 10.1 Å². The largest absolute Gasteiger partial charge is 0.376 e. The van der Waals surface area contributed by atoms with Gasteiger partial charge in [0.05, 0.1) is 9.82 Å². The number of hydrogen-bond acceptors (Lipinski definition) is 7. The summed E-state index contributed by atoms with van der Waals surface area (Å²) in [5.74, 6) is 0.504. The number of nitrogens with one attached hydrogen (secondary N) is 1. The highest BCUT2D eigenvalue weighted by molar-refractivity contribution is 7.99. The number of carbonyl (C=O) groups is 1. The molecular weight excluding hydrogens is 428 g/mol. The van der Waals surface area contributed by atoms with Gasteiger partial charge in [-0.05, 0) is 30.7 Å². The van der Waals surface area contributed by atoms with Gasteiger partial charge in [0.1, 0.15) is 5.69 Å². The van der Waals surface area contributed by atoms with Crippen molar-refractivity contribution in [3.05, 3.63) is 58.6 Å². The second-order valence-electron chi connectivity index (χ2n) is 6.77. The third kappa shape index (κ3) is 7.01. The van der Waals surface area contributed by atoms with E-state index in [9.17, 15) is 23.3 Å². The van der Waals surface area contributed by atoms with Crippen molar-refractivity contribution in [2.75, 3.05) is 25.2 Å². The first kappa shape index (κ1) is 23.6. The first-order valence-corrected chi connectivity index (χ1v) is 11.6. The maximum Gasteiger partial charge on any atom is 0.293 e. The van der Waals surface area contributed by atoms with Crippen LogP contribution < -0.4 is 10.5 Å². The smallest absolute Gasteiger partial charge is 0.293 e. The number of nitrogens with two attached hydrogens (primary N) is 1. The van der Waals surface area contributed by atoms with Crippen molar-refractivity contribution in [2.24, 2.45) is 5.14 Å². The van der Waals surface area contributed by atoms with Crippen molar-refractivity contribution in [1.82, 2.24) is 4.90 Å². The number of carbonyl (C=O) groups excluding carboxylic acids is 1. The highest BCUT2D eigenvalue weighted by atomic mass is 32.2. The third-order valence-corrected chi connectivity index (χ3v) is 6.34. The Morgan fingerprint density at radius 3 is 2.47 bits per heavy atom. The number of nitro groups is 1. The van der Waals surface area contributed by atoms with Gasteiger partial charge in [0.15, 0.2) is 0 Å². The number of nitro benzene ring substituents is 1. The van der Waals surface area contributed by atoms with E-state index in [4.69, 9.17) is 5.14 Å². The number of anilines is 1. The summed E-state index contributed by atoms with van der Waals surface area (Å²) in [6, 6.07) is 12.9. The molecule has 2 rings (SSSR count). The topological polar surface area (TPSA) is 136 Å². The highest BCUT2D eigenvalue weighted by Crippen LogP contribution is 2.29. The predicted molar refractivity (Wildman–Crippen MR) is 117 cm³/mol. The molecule has 0 aliphatic heterocycles. The Kier molecular flexibility index (Phi) is 8.21. The first-order valence-electron chi connectivity index (χ1n) is 9.03. The van der Waals surface area contributed by atoms with Gasteiger partial charge in [0, 0.05) is 43.3 Å². The SMILES string of the molecule is CN(C)C(=O)CC[C@H](CSc1ccccc1)Nc1ccc(S(N)(=O)=O)cc1[N+](=O)[O-]. The predicted octanol–water partition coefficient (Wildman–Crippen LogP) is 2.68.